The molecule has 4 saturated carbocycles. The number of carboxylic acids is 1. The molecule has 53 heavy (non-hydrogen) atoms. The number of pyridine rings is 2. The lowest BCUT2D eigenvalue weighted by Crippen LogP contribution is -2.42. The van der Waals surface area contributed by atoms with Crippen LogP contribution in [-0.2, 0) is 0 Å². The largest absolute Gasteiger partial charge is 0.478 e. The van der Waals surface area contributed by atoms with Crippen molar-refractivity contribution in [2.75, 3.05) is 13.1 Å². The second kappa shape index (κ2) is 18.0. The molecule has 2 heterocycles. The van der Waals surface area contributed by atoms with Crippen molar-refractivity contribution in [2.45, 2.75) is 77.0 Å². The highest BCUT2D eigenvalue weighted by Gasteiger charge is 2.42. The van der Waals surface area contributed by atoms with Crippen molar-refractivity contribution < 1.29 is 14.7 Å². The molecule has 2 aromatic carbocycles. The maximum Gasteiger partial charge on any atom is 0.335 e. The number of nitrogens with two attached hydrogens (primary N) is 1. The molecule has 7 heteroatoms. The van der Waals surface area contributed by atoms with E-state index in [1.165, 1.54) is 77.0 Å². The predicted molar refractivity (Wildman–Crippen MR) is 209 cm³/mol. The van der Waals surface area contributed by atoms with Gasteiger partial charge in [-0.25, -0.2) is 4.79 Å². The molecule has 4 fully saturated rings. The highest BCUT2D eigenvalue weighted by atomic mass is 16.4. The van der Waals surface area contributed by atoms with Gasteiger partial charge in [-0.3, -0.25) is 14.8 Å². The van der Waals surface area contributed by atoms with Gasteiger partial charge in [0.2, 0.25) is 0 Å². The Morgan fingerprint density at radius 1 is 0.623 bits per heavy atom. The van der Waals surface area contributed by atoms with E-state index in [9.17, 15) is 9.59 Å². The van der Waals surface area contributed by atoms with Gasteiger partial charge < -0.3 is 16.2 Å². The van der Waals surface area contributed by atoms with E-state index >= 15 is 0 Å². The van der Waals surface area contributed by atoms with Gasteiger partial charge in [0.15, 0.2) is 0 Å². The minimum atomic E-state index is -0.932. The highest BCUT2D eigenvalue weighted by Crippen LogP contribution is 2.51. The fraction of sp³-hybridized carbons (Fsp3) is 0.391. The standard InChI is InChI=1S/C23H24N2O.C14H9NO2.C9H17N/c26-22(25-17-23(12-1-13-23)16-20-4-5-20)21-8-6-18(7-9-21)2-3-19-10-14-24-15-11-19;16-14(17)13-5-3-11(4-6-13)1-2-12-7-9-15-10-8-12;10-7-9(4-1-5-9)6-8-2-3-8/h6-11,14-15,20H,1,4-5,12-13,16-17H2,(H,25,26);3-10H,(H,16,17);8H,1-7,10H2. The topological polar surface area (TPSA) is 118 Å². The average molecular weight is 707 g/mol. The lowest BCUT2D eigenvalue weighted by molar-refractivity contribution is 0.0696. The molecule has 0 radical (unpaired) electrons. The summed E-state index contributed by atoms with van der Waals surface area (Å²) < 4.78 is 0. The molecule has 7 nitrogen and oxygen atoms in total. The minimum absolute atomic E-state index is 0.0284. The first-order valence-corrected chi connectivity index (χ1v) is 19.1. The van der Waals surface area contributed by atoms with Gasteiger partial charge in [0.25, 0.3) is 5.91 Å². The number of nitrogens with zero attached hydrogens (tertiary/aromatic N) is 2. The molecular weight excluding hydrogens is 657 g/mol. The first-order chi connectivity index (χ1) is 25.8. The molecule has 4 aliphatic rings. The average Bonchev–Trinajstić information content (AvgIpc) is 4.12. The molecule has 0 spiro atoms. The molecule has 0 aliphatic heterocycles. The Bertz CT molecular complexity index is 1920. The normalized spacial score (nSPS) is 17.2. The third kappa shape index (κ3) is 11.6. The molecule has 0 atom stereocenters. The van der Waals surface area contributed by atoms with E-state index < -0.39 is 5.97 Å². The Morgan fingerprint density at radius 3 is 1.38 bits per heavy atom. The van der Waals surface area contributed by atoms with Crippen LogP contribution in [0.1, 0.15) is 120 Å². The summed E-state index contributed by atoms with van der Waals surface area (Å²) in [6.45, 7) is 1.77. The number of amides is 1. The van der Waals surface area contributed by atoms with Gasteiger partial charge in [-0.1, -0.05) is 62.2 Å². The molecule has 0 bridgehead atoms. The van der Waals surface area contributed by atoms with Crippen LogP contribution >= 0.6 is 0 Å². The van der Waals surface area contributed by atoms with E-state index in [-0.39, 0.29) is 11.5 Å². The highest BCUT2D eigenvalue weighted by molar-refractivity contribution is 5.94. The van der Waals surface area contributed by atoms with Crippen molar-refractivity contribution in [3.05, 3.63) is 131 Å². The zero-order valence-electron chi connectivity index (χ0n) is 30.5. The van der Waals surface area contributed by atoms with Gasteiger partial charge in [0.1, 0.15) is 0 Å². The van der Waals surface area contributed by atoms with Crippen LogP contribution in [0.3, 0.4) is 0 Å². The number of carbonyl (C=O) groups excluding carboxylic acids is 1. The van der Waals surface area contributed by atoms with Gasteiger partial charge in [-0.05, 0) is 141 Å². The third-order valence-electron chi connectivity index (χ3n) is 11.1. The Labute approximate surface area is 314 Å². The number of carbonyl (C=O) groups is 2. The Kier molecular flexibility index (Phi) is 12.7. The molecule has 0 saturated heterocycles. The summed E-state index contributed by atoms with van der Waals surface area (Å²) in [6, 6.07) is 21.4. The number of benzene rings is 2. The minimum Gasteiger partial charge on any atom is -0.478 e. The number of hydrogen-bond donors (Lipinski definition) is 3. The van der Waals surface area contributed by atoms with Crippen LogP contribution in [0.4, 0.5) is 0 Å². The summed E-state index contributed by atoms with van der Waals surface area (Å²) in [6.07, 6.45) is 23.4. The summed E-state index contributed by atoms with van der Waals surface area (Å²) in [4.78, 5) is 31.0. The molecule has 4 N–H and O–H groups in total. The summed E-state index contributed by atoms with van der Waals surface area (Å²) in [5.41, 5.74) is 11.2. The number of hydrogen-bond acceptors (Lipinski definition) is 5. The number of aromatic carboxylic acids is 1. The summed E-state index contributed by atoms with van der Waals surface area (Å²) in [7, 11) is 0. The molecule has 4 aromatic rings. The van der Waals surface area contributed by atoms with Crippen molar-refractivity contribution in [3.63, 3.8) is 0 Å². The number of nitrogens with one attached hydrogen (secondary N) is 1. The van der Waals surface area contributed by atoms with Gasteiger partial charge in [0, 0.05) is 59.1 Å². The van der Waals surface area contributed by atoms with E-state index in [2.05, 4.69) is 39.0 Å². The second-order valence-electron chi connectivity index (χ2n) is 15.3. The fourth-order valence-electron chi connectivity index (χ4n) is 7.10. The third-order valence-corrected chi connectivity index (χ3v) is 11.1. The quantitative estimate of drug-likeness (QED) is 0.151. The van der Waals surface area contributed by atoms with E-state index in [4.69, 9.17) is 10.8 Å². The lowest BCUT2D eigenvalue weighted by Gasteiger charge is -2.42. The molecule has 272 valence electrons. The van der Waals surface area contributed by atoms with Crippen molar-refractivity contribution >= 4 is 11.9 Å². The van der Waals surface area contributed by atoms with E-state index in [0.717, 1.165) is 47.2 Å². The zero-order valence-corrected chi connectivity index (χ0v) is 30.5. The summed E-state index contributed by atoms with van der Waals surface area (Å²) in [5.74, 6) is 13.2. The first kappa shape index (κ1) is 37.5. The summed E-state index contributed by atoms with van der Waals surface area (Å²) >= 11 is 0. The SMILES string of the molecule is NCC1(CC2CC2)CCC1.O=C(NCC1(CC2CC2)CCC1)c1ccc(C#Cc2ccncc2)cc1.O=C(O)c1ccc(C#Cc2ccncc2)cc1. The zero-order chi connectivity index (χ0) is 36.9. The van der Waals surface area contributed by atoms with Crippen LogP contribution in [0.5, 0.6) is 0 Å². The lowest BCUT2D eigenvalue weighted by atomic mass is 9.65. The molecular formula is C46H50N4O3. The van der Waals surface area contributed by atoms with Gasteiger partial charge in [-0.2, -0.15) is 0 Å². The smallest absolute Gasteiger partial charge is 0.335 e. The van der Waals surface area contributed by atoms with Crippen LogP contribution in [0.2, 0.25) is 0 Å². The Morgan fingerprint density at radius 2 is 1.02 bits per heavy atom. The van der Waals surface area contributed by atoms with Crippen molar-refractivity contribution in [3.8, 4) is 23.7 Å². The van der Waals surface area contributed by atoms with E-state index in [1.807, 2.05) is 48.5 Å². The van der Waals surface area contributed by atoms with Crippen molar-refractivity contribution in [1.82, 2.24) is 15.3 Å². The van der Waals surface area contributed by atoms with E-state index in [1.54, 1.807) is 49.1 Å². The predicted octanol–water partition coefficient (Wildman–Crippen LogP) is 8.28. The summed E-state index contributed by atoms with van der Waals surface area (Å²) in [5, 5.41) is 11.9. The molecule has 8 rings (SSSR count). The maximum absolute atomic E-state index is 12.5. The molecule has 4 aliphatic carbocycles. The van der Waals surface area contributed by atoms with Crippen LogP contribution in [0.15, 0.2) is 97.6 Å². The van der Waals surface area contributed by atoms with Gasteiger partial charge >= 0.3 is 5.97 Å². The Balaban J connectivity index is 0.000000152. The van der Waals surface area contributed by atoms with Gasteiger partial charge in [0.05, 0.1) is 5.56 Å². The van der Waals surface area contributed by atoms with Gasteiger partial charge in [-0.15, -0.1) is 0 Å². The number of carboxylic acid groups (broad SMARTS) is 1. The number of aromatic nitrogens is 2. The maximum atomic E-state index is 12.5. The Hall–Kier alpha value is -5.24. The second-order valence-corrected chi connectivity index (χ2v) is 15.3. The van der Waals surface area contributed by atoms with Crippen LogP contribution in [0.25, 0.3) is 0 Å². The van der Waals surface area contributed by atoms with Crippen LogP contribution in [0, 0.1) is 46.3 Å². The van der Waals surface area contributed by atoms with Crippen LogP contribution < -0.4 is 11.1 Å². The van der Waals surface area contributed by atoms with Crippen molar-refractivity contribution in [2.24, 2.45) is 28.4 Å². The first-order valence-electron chi connectivity index (χ1n) is 19.1. The van der Waals surface area contributed by atoms with Crippen molar-refractivity contribution in [1.29, 1.82) is 0 Å². The molecule has 0 unspecified atom stereocenters. The fourth-order valence-corrected chi connectivity index (χ4v) is 7.10. The van der Waals surface area contributed by atoms with E-state index in [0.29, 0.717) is 16.4 Å². The monoisotopic (exact) mass is 706 g/mol. The molecule has 2 aromatic heterocycles. The number of rotatable bonds is 9. The van der Waals surface area contributed by atoms with Crippen LogP contribution in [-0.4, -0.2) is 40.0 Å². The molecule has 1 amide bonds.